The number of nitrogens with zero attached hydrogens (tertiary/aromatic N) is 1. The zero-order valence-electron chi connectivity index (χ0n) is 12.0. The number of ether oxygens (including phenoxy) is 1. The molecule has 0 fully saturated rings. The molecule has 0 N–H and O–H groups in total. The molecule has 7 heteroatoms. The molecule has 1 amide bonds. The Labute approximate surface area is 125 Å². The minimum absolute atomic E-state index is 0.202. The molecular formula is C15H16F3NO3. The summed E-state index contributed by atoms with van der Waals surface area (Å²) in [6.45, 7) is 0.202. The molecule has 120 valence electrons. The summed E-state index contributed by atoms with van der Waals surface area (Å²) in [5, 5.41) is 0. The van der Waals surface area contributed by atoms with E-state index in [1.807, 2.05) is 0 Å². The first kappa shape index (κ1) is 16.3. The average Bonchev–Trinajstić information content (AvgIpc) is 2.50. The summed E-state index contributed by atoms with van der Waals surface area (Å²) in [7, 11) is 1.28. The van der Waals surface area contributed by atoms with Crippen LogP contribution in [0, 0.1) is 0 Å². The SMILES string of the molecule is COC(=O)C1CCN(C(=O)CCC(F)(F)F)c2ccccc21. The Morgan fingerprint density at radius 2 is 2.00 bits per heavy atom. The van der Waals surface area contributed by atoms with Crippen molar-refractivity contribution in [3.63, 3.8) is 0 Å². The van der Waals surface area contributed by atoms with Crippen LogP contribution in [0.5, 0.6) is 0 Å². The topological polar surface area (TPSA) is 46.6 Å². The van der Waals surface area contributed by atoms with Crippen molar-refractivity contribution in [2.75, 3.05) is 18.6 Å². The summed E-state index contributed by atoms with van der Waals surface area (Å²) in [6.07, 6.45) is -5.77. The van der Waals surface area contributed by atoms with Crippen LogP contribution in [0.3, 0.4) is 0 Å². The van der Waals surface area contributed by atoms with E-state index < -0.39 is 36.8 Å². The monoisotopic (exact) mass is 315 g/mol. The molecule has 1 unspecified atom stereocenters. The largest absolute Gasteiger partial charge is 0.469 e. The molecule has 22 heavy (non-hydrogen) atoms. The number of rotatable bonds is 3. The Balaban J connectivity index is 2.21. The first-order valence-electron chi connectivity index (χ1n) is 6.87. The molecule has 0 bridgehead atoms. The Hall–Kier alpha value is -2.05. The molecule has 1 aliphatic heterocycles. The average molecular weight is 315 g/mol. The molecule has 0 saturated heterocycles. The van der Waals surface area contributed by atoms with E-state index >= 15 is 0 Å². The van der Waals surface area contributed by atoms with Gasteiger partial charge in [0.1, 0.15) is 0 Å². The minimum atomic E-state index is -4.36. The molecule has 4 nitrogen and oxygen atoms in total. The first-order valence-corrected chi connectivity index (χ1v) is 6.87. The van der Waals surface area contributed by atoms with Gasteiger partial charge in [-0.3, -0.25) is 9.59 Å². The highest BCUT2D eigenvalue weighted by molar-refractivity contribution is 5.96. The van der Waals surface area contributed by atoms with E-state index in [1.54, 1.807) is 24.3 Å². The van der Waals surface area contributed by atoms with E-state index in [0.29, 0.717) is 17.7 Å². The molecule has 1 heterocycles. The third-order valence-electron chi connectivity index (χ3n) is 3.65. The van der Waals surface area contributed by atoms with E-state index in [0.717, 1.165) is 0 Å². The number of carbonyl (C=O) groups is 2. The number of alkyl halides is 3. The lowest BCUT2D eigenvalue weighted by Crippen LogP contribution is -2.38. The highest BCUT2D eigenvalue weighted by Crippen LogP contribution is 2.36. The van der Waals surface area contributed by atoms with Crippen molar-refractivity contribution >= 4 is 17.6 Å². The Morgan fingerprint density at radius 1 is 1.32 bits per heavy atom. The van der Waals surface area contributed by atoms with Crippen molar-refractivity contribution in [3.05, 3.63) is 29.8 Å². The molecular weight excluding hydrogens is 299 g/mol. The smallest absolute Gasteiger partial charge is 0.389 e. The fraction of sp³-hybridized carbons (Fsp3) is 0.467. The van der Waals surface area contributed by atoms with Crippen LogP contribution < -0.4 is 4.90 Å². The van der Waals surface area contributed by atoms with E-state index in [9.17, 15) is 22.8 Å². The highest BCUT2D eigenvalue weighted by atomic mass is 19.4. The van der Waals surface area contributed by atoms with Gasteiger partial charge in [-0.25, -0.2) is 0 Å². The van der Waals surface area contributed by atoms with Crippen LogP contribution in [0.15, 0.2) is 24.3 Å². The molecule has 1 atom stereocenters. The quantitative estimate of drug-likeness (QED) is 0.806. The van der Waals surface area contributed by atoms with Crippen LogP contribution in [-0.4, -0.2) is 31.7 Å². The van der Waals surface area contributed by atoms with Crippen molar-refractivity contribution in [2.45, 2.75) is 31.4 Å². The van der Waals surface area contributed by atoms with E-state index in [2.05, 4.69) is 0 Å². The number of hydrogen-bond acceptors (Lipinski definition) is 3. The number of esters is 1. The number of carbonyl (C=O) groups excluding carboxylic acids is 2. The Bertz CT molecular complexity index is 571. The maximum absolute atomic E-state index is 12.3. The lowest BCUT2D eigenvalue weighted by atomic mass is 9.89. The van der Waals surface area contributed by atoms with Gasteiger partial charge in [0.25, 0.3) is 0 Å². The summed E-state index contributed by atoms with van der Waals surface area (Å²) in [4.78, 5) is 25.2. The number of fused-ring (bicyclic) bond motifs is 1. The van der Waals surface area contributed by atoms with Gasteiger partial charge in [-0.05, 0) is 18.1 Å². The number of para-hydroxylation sites is 1. The zero-order valence-corrected chi connectivity index (χ0v) is 12.0. The normalized spacial score (nSPS) is 17.8. The summed E-state index contributed by atoms with van der Waals surface area (Å²) in [5.74, 6) is -1.49. The van der Waals surface area contributed by atoms with Crippen LogP contribution in [0.1, 0.15) is 30.7 Å². The van der Waals surface area contributed by atoms with Crippen molar-refractivity contribution in [1.29, 1.82) is 0 Å². The summed E-state index contributed by atoms with van der Waals surface area (Å²) in [5.41, 5.74) is 1.09. The molecule has 0 spiro atoms. The van der Waals surface area contributed by atoms with Crippen LogP contribution >= 0.6 is 0 Å². The molecule has 1 aliphatic rings. The van der Waals surface area contributed by atoms with Crippen molar-refractivity contribution < 1.29 is 27.5 Å². The predicted molar refractivity (Wildman–Crippen MR) is 73.5 cm³/mol. The van der Waals surface area contributed by atoms with Crippen LogP contribution in [0.4, 0.5) is 18.9 Å². The van der Waals surface area contributed by atoms with Gasteiger partial charge in [0.15, 0.2) is 0 Å². The van der Waals surface area contributed by atoms with Crippen LogP contribution in [-0.2, 0) is 14.3 Å². The van der Waals surface area contributed by atoms with Gasteiger partial charge in [-0.2, -0.15) is 13.2 Å². The number of benzene rings is 1. The van der Waals surface area contributed by atoms with E-state index in [-0.39, 0.29) is 6.54 Å². The Morgan fingerprint density at radius 3 is 2.64 bits per heavy atom. The molecule has 2 rings (SSSR count). The summed E-state index contributed by atoms with van der Waals surface area (Å²) < 4.78 is 41.5. The van der Waals surface area contributed by atoms with Gasteiger partial charge in [0.05, 0.1) is 19.4 Å². The second-order valence-corrected chi connectivity index (χ2v) is 5.08. The van der Waals surface area contributed by atoms with Gasteiger partial charge in [-0.1, -0.05) is 18.2 Å². The standard InChI is InChI=1S/C15H16F3NO3/c1-22-14(21)11-7-9-19(12-5-3-2-4-10(11)12)13(20)6-8-15(16,17)18/h2-5,11H,6-9H2,1H3. The number of halogens is 3. The van der Waals surface area contributed by atoms with Gasteiger partial charge < -0.3 is 9.64 Å². The summed E-state index contributed by atoms with van der Waals surface area (Å²) in [6, 6.07) is 6.73. The first-order chi connectivity index (χ1) is 10.3. The van der Waals surface area contributed by atoms with Crippen LogP contribution in [0.2, 0.25) is 0 Å². The third-order valence-corrected chi connectivity index (χ3v) is 3.65. The van der Waals surface area contributed by atoms with Crippen molar-refractivity contribution in [1.82, 2.24) is 0 Å². The molecule has 0 radical (unpaired) electrons. The number of hydrogen-bond donors (Lipinski definition) is 0. The number of anilines is 1. The Kier molecular flexibility index (Phi) is 4.73. The van der Waals surface area contributed by atoms with E-state index in [4.69, 9.17) is 4.74 Å². The molecule has 0 aromatic heterocycles. The van der Waals surface area contributed by atoms with Gasteiger partial charge in [0.2, 0.25) is 5.91 Å². The second-order valence-electron chi connectivity index (χ2n) is 5.08. The fourth-order valence-electron chi connectivity index (χ4n) is 2.59. The maximum Gasteiger partial charge on any atom is 0.389 e. The van der Waals surface area contributed by atoms with Crippen LogP contribution in [0.25, 0.3) is 0 Å². The third kappa shape index (κ3) is 3.58. The van der Waals surface area contributed by atoms with Gasteiger partial charge in [0, 0.05) is 18.7 Å². The lowest BCUT2D eigenvalue weighted by molar-refractivity contribution is -0.143. The van der Waals surface area contributed by atoms with Crippen molar-refractivity contribution in [2.24, 2.45) is 0 Å². The fourth-order valence-corrected chi connectivity index (χ4v) is 2.59. The van der Waals surface area contributed by atoms with Gasteiger partial charge >= 0.3 is 12.1 Å². The molecule has 1 aromatic carbocycles. The maximum atomic E-state index is 12.3. The van der Waals surface area contributed by atoms with E-state index in [1.165, 1.54) is 12.0 Å². The lowest BCUT2D eigenvalue weighted by Gasteiger charge is -2.33. The number of amides is 1. The molecule has 0 saturated carbocycles. The zero-order chi connectivity index (χ0) is 16.3. The molecule has 0 aliphatic carbocycles. The second kappa shape index (κ2) is 6.37. The minimum Gasteiger partial charge on any atom is -0.469 e. The van der Waals surface area contributed by atoms with Crippen molar-refractivity contribution in [3.8, 4) is 0 Å². The molecule has 1 aromatic rings. The summed E-state index contributed by atoms with van der Waals surface area (Å²) >= 11 is 0. The predicted octanol–water partition coefficient (Wildman–Crippen LogP) is 3.02. The highest BCUT2D eigenvalue weighted by Gasteiger charge is 2.34. The number of methoxy groups -OCH3 is 1. The van der Waals surface area contributed by atoms with Gasteiger partial charge in [-0.15, -0.1) is 0 Å².